The van der Waals surface area contributed by atoms with Gasteiger partial charge in [0.15, 0.2) is 0 Å². The minimum absolute atomic E-state index is 1.13. The first-order chi connectivity index (χ1) is 6.42. The Labute approximate surface area is 77.7 Å². The van der Waals surface area contributed by atoms with Crippen molar-refractivity contribution in [2.45, 2.75) is 0 Å². The molecule has 0 saturated carbocycles. The van der Waals surface area contributed by atoms with Gasteiger partial charge in [-0.3, -0.25) is 0 Å². The van der Waals surface area contributed by atoms with Crippen molar-refractivity contribution in [2.75, 3.05) is 0 Å². The van der Waals surface area contributed by atoms with Crippen LogP contribution in [-0.2, 0) is 0 Å². The Bertz CT molecular complexity index is 399. The molecule has 0 fully saturated rings. The van der Waals surface area contributed by atoms with Crippen LogP contribution in [0.4, 0.5) is 0 Å². The van der Waals surface area contributed by atoms with Crippen molar-refractivity contribution in [2.24, 2.45) is 0 Å². The van der Waals surface area contributed by atoms with Crippen LogP contribution in [0.25, 0.3) is 17.3 Å². The summed E-state index contributed by atoms with van der Waals surface area (Å²) in [6, 6.07) is 12.2. The zero-order valence-electron chi connectivity index (χ0n) is 7.33. The summed E-state index contributed by atoms with van der Waals surface area (Å²) in [4.78, 5) is 3.18. The molecule has 1 nitrogen and oxygen atoms in total. The van der Waals surface area contributed by atoms with Crippen molar-refractivity contribution in [3.05, 3.63) is 54.7 Å². The number of aromatic nitrogens is 1. The zero-order valence-corrected chi connectivity index (χ0v) is 7.33. The Morgan fingerprint density at radius 2 is 1.92 bits per heavy atom. The fraction of sp³-hybridized carbons (Fsp3) is 0. The molecule has 0 spiro atoms. The van der Waals surface area contributed by atoms with Crippen LogP contribution in [-0.4, -0.2) is 4.98 Å². The van der Waals surface area contributed by atoms with Crippen molar-refractivity contribution in [3.63, 3.8) is 0 Å². The summed E-state index contributed by atoms with van der Waals surface area (Å²) >= 11 is 0. The minimum atomic E-state index is 1.13. The van der Waals surface area contributed by atoms with E-state index < -0.39 is 0 Å². The third kappa shape index (κ3) is 1.41. The van der Waals surface area contributed by atoms with E-state index in [0.29, 0.717) is 0 Å². The van der Waals surface area contributed by atoms with E-state index in [1.165, 1.54) is 5.56 Å². The van der Waals surface area contributed by atoms with Crippen LogP contribution in [0.2, 0.25) is 0 Å². The van der Waals surface area contributed by atoms with Gasteiger partial charge in [0.25, 0.3) is 0 Å². The molecule has 1 N–H and O–H groups in total. The molecule has 2 aromatic rings. The van der Waals surface area contributed by atoms with Crippen LogP contribution < -0.4 is 0 Å². The van der Waals surface area contributed by atoms with E-state index in [0.717, 1.165) is 11.3 Å². The van der Waals surface area contributed by atoms with Crippen molar-refractivity contribution in [3.8, 4) is 11.3 Å². The molecule has 64 valence electrons. The second-order valence-corrected chi connectivity index (χ2v) is 2.88. The second-order valence-electron chi connectivity index (χ2n) is 2.88. The lowest BCUT2D eigenvalue weighted by atomic mass is 10.1. The van der Waals surface area contributed by atoms with Crippen LogP contribution in [0, 0.1) is 0 Å². The summed E-state index contributed by atoms with van der Waals surface area (Å²) in [5.41, 5.74) is 3.49. The number of aromatic amines is 1. The number of hydrogen-bond donors (Lipinski definition) is 1. The Morgan fingerprint density at radius 3 is 2.62 bits per heavy atom. The van der Waals surface area contributed by atoms with Gasteiger partial charge in [0.2, 0.25) is 0 Å². The predicted octanol–water partition coefficient (Wildman–Crippen LogP) is 3.32. The molecule has 0 saturated heterocycles. The Hall–Kier alpha value is -1.76. The van der Waals surface area contributed by atoms with Gasteiger partial charge < -0.3 is 4.98 Å². The normalized spacial score (nSPS) is 9.85. The van der Waals surface area contributed by atoms with E-state index in [1.54, 1.807) is 0 Å². The first-order valence-electron chi connectivity index (χ1n) is 4.27. The van der Waals surface area contributed by atoms with E-state index in [-0.39, 0.29) is 0 Å². The lowest BCUT2D eigenvalue weighted by Crippen LogP contribution is -1.81. The highest BCUT2D eigenvalue weighted by atomic mass is 14.7. The van der Waals surface area contributed by atoms with Crippen molar-refractivity contribution in [1.82, 2.24) is 4.98 Å². The van der Waals surface area contributed by atoms with E-state index in [4.69, 9.17) is 0 Å². The third-order valence-electron chi connectivity index (χ3n) is 2.07. The molecule has 13 heavy (non-hydrogen) atoms. The molecule has 2 rings (SSSR count). The zero-order chi connectivity index (χ0) is 9.10. The van der Waals surface area contributed by atoms with Gasteiger partial charge in [-0.05, 0) is 17.7 Å². The molecule has 0 aliphatic carbocycles. The molecule has 1 aromatic heterocycles. The average molecular weight is 169 g/mol. The smallest absolute Gasteiger partial charge is 0.0459 e. The summed E-state index contributed by atoms with van der Waals surface area (Å²) in [6.45, 7) is 3.79. The molecule has 0 radical (unpaired) electrons. The molecule has 0 atom stereocenters. The molecule has 0 aliphatic rings. The first-order valence-corrected chi connectivity index (χ1v) is 4.27. The monoisotopic (exact) mass is 169 g/mol. The molecule has 1 heteroatoms. The maximum atomic E-state index is 3.79. The van der Waals surface area contributed by atoms with Crippen molar-refractivity contribution in [1.29, 1.82) is 0 Å². The fourth-order valence-corrected chi connectivity index (χ4v) is 1.42. The van der Waals surface area contributed by atoms with Gasteiger partial charge in [-0.1, -0.05) is 36.9 Å². The molecule has 0 aliphatic heterocycles. The second kappa shape index (κ2) is 3.31. The van der Waals surface area contributed by atoms with Gasteiger partial charge in [0.05, 0.1) is 0 Å². The lowest BCUT2D eigenvalue weighted by Gasteiger charge is -2.02. The average Bonchev–Trinajstić information content (AvgIpc) is 2.70. The lowest BCUT2D eigenvalue weighted by molar-refractivity contribution is 1.40. The quantitative estimate of drug-likeness (QED) is 0.709. The van der Waals surface area contributed by atoms with Crippen LogP contribution in [0.1, 0.15) is 5.56 Å². The van der Waals surface area contributed by atoms with Gasteiger partial charge in [-0.15, -0.1) is 0 Å². The Balaban J connectivity index is 2.57. The van der Waals surface area contributed by atoms with Gasteiger partial charge in [0, 0.05) is 17.5 Å². The highest BCUT2D eigenvalue weighted by Gasteiger charge is 2.00. The van der Waals surface area contributed by atoms with Gasteiger partial charge >= 0.3 is 0 Å². The number of H-pyrrole nitrogens is 1. The van der Waals surface area contributed by atoms with Crippen LogP contribution >= 0.6 is 0 Å². The maximum absolute atomic E-state index is 3.79. The molecule has 0 amide bonds. The van der Waals surface area contributed by atoms with Crippen molar-refractivity contribution < 1.29 is 0 Å². The number of rotatable bonds is 2. The SMILES string of the molecule is C=Cc1ccccc1-c1ccc[nH]1. The van der Waals surface area contributed by atoms with Gasteiger partial charge in [0.1, 0.15) is 0 Å². The number of benzene rings is 1. The molecule has 1 aromatic carbocycles. The summed E-state index contributed by atoms with van der Waals surface area (Å²) in [7, 11) is 0. The highest BCUT2D eigenvalue weighted by molar-refractivity contribution is 5.72. The van der Waals surface area contributed by atoms with Gasteiger partial charge in [-0.2, -0.15) is 0 Å². The predicted molar refractivity (Wildman–Crippen MR) is 56.3 cm³/mol. The standard InChI is InChI=1S/C12H11N/c1-2-10-6-3-4-7-11(10)12-8-5-9-13-12/h2-9,13H,1H2. The molecule has 0 unspecified atom stereocenters. The van der Waals surface area contributed by atoms with Crippen molar-refractivity contribution >= 4 is 6.08 Å². The van der Waals surface area contributed by atoms with Gasteiger partial charge in [-0.25, -0.2) is 0 Å². The summed E-state index contributed by atoms with van der Waals surface area (Å²) in [5, 5.41) is 0. The van der Waals surface area contributed by atoms with Crippen LogP contribution in [0.5, 0.6) is 0 Å². The van der Waals surface area contributed by atoms with E-state index in [1.807, 2.05) is 30.5 Å². The largest absolute Gasteiger partial charge is 0.361 e. The first kappa shape index (κ1) is 7.87. The summed E-state index contributed by atoms with van der Waals surface area (Å²) in [5.74, 6) is 0. The number of nitrogens with one attached hydrogen (secondary N) is 1. The molecular formula is C12H11N. The van der Waals surface area contributed by atoms with Crippen LogP contribution in [0.15, 0.2) is 49.2 Å². The minimum Gasteiger partial charge on any atom is -0.361 e. The molecule has 1 heterocycles. The molecule has 0 bridgehead atoms. The van der Waals surface area contributed by atoms with E-state index in [2.05, 4.69) is 29.8 Å². The summed E-state index contributed by atoms with van der Waals surface area (Å²) in [6.07, 6.45) is 3.80. The number of hydrogen-bond acceptors (Lipinski definition) is 0. The Morgan fingerprint density at radius 1 is 1.08 bits per heavy atom. The molecular weight excluding hydrogens is 158 g/mol. The summed E-state index contributed by atoms with van der Waals surface area (Å²) < 4.78 is 0. The third-order valence-corrected chi connectivity index (χ3v) is 2.07. The topological polar surface area (TPSA) is 15.8 Å². The maximum Gasteiger partial charge on any atom is 0.0459 e. The highest BCUT2D eigenvalue weighted by Crippen LogP contribution is 2.22. The Kier molecular flexibility index (Phi) is 2.01. The fourth-order valence-electron chi connectivity index (χ4n) is 1.42. The van der Waals surface area contributed by atoms with E-state index in [9.17, 15) is 0 Å². The van der Waals surface area contributed by atoms with E-state index >= 15 is 0 Å². The van der Waals surface area contributed by atoms with Crippen LogP contribution in [0.3, 0.4) is 0 Å².